The Morgan fingerprint density at radius 2 is 1.64 bits per heavy atom. The third-order valence-electron chi connectivity index (χ3n) is 6.73. The molecule has 0 spiro atoms. The molecule has 5 aromatic rings. The number of rotatable bonds is 5. The number of benzene rings is 2. The Hall–Kier alpha value is -4.78. The van der Waals surface area contributed by atoms with Gasteiger partial charge in [-0.2, -0.15) is 0 Å². The van der Waals surface area contributed by atoms with Crippen molar-refractivity contribution in [2.75, 3.05) is 42.3 Å². The van der Waals surface area contributed by atoms with Crippen molar-refractivity contribution in [2.24, 2.45) is 0 Å². The molecule has 218 valence electrons. The molecule has 5 rings (SSSR count). The minimum atomic E-state index is -0.599. The van der Waals surface area contributed by atoms with Gasteiger partial charge in [-0.05, 0) is 37.3 Å². The molecular weight excluding hydrogens is 556 g/mol. The van der Waals surface area contributed by atoms with Gasteiger partial charge >= 0.3 is 12.1 Å². The van der Waals surface area contributed by atoms with Crippen LogP contribution in [0.2, 0.25) is 0 Å². The Kier molecular flexibility index (Phi) is 7.69. The number of ether oxygens (including phenoxy) is 1. The summed E-state index contributed by atoms with van der Waals surface area (Å²) in [6, 6.07) is 13.0. The van der Waals surface area contributed by atoms with Gasteiger partial charge in [0.25, 0.3) is 5.24 Å². The van der Waals surface area contributed by atoms with Crippen molar-refractivity contribution >= 4 is 50.9 Å². The van der Waals surface area contributed by atoms with Gasteiger partial charge < -0.3 is 24.0 Å². The number of aromatic nitrogens is 5. The van der Waals surface area contributed by atoms with E-state index in [-0.39, 0.29) is 17.0 Å². The molecule has 0 N–H and O–H groups in total. The highest BCUT2D eigenvalue weighted by molar-refractivity contribution is 8.13. The third-order valence-corrected chi connectivity index (χ3v) is 7.72. The van der Waals surface area contributed by atoms with Crippen molar-refractivity contribution in [1.82, 2.24) is 38.6 Å². The average molecular weight is 589 g/mol. The van der Waals surface area contributed by atoms with E-state index in [0.29, 0.717) is 22.1 Å². The quantitative estimate of drug-likeness (QED) is 0.259. The first-order valence-electron chi connectivity index (χ1n) is 13.2. The topological polar surface area (TPSA) is 111 Å². The number of hydrogen-bond acceptors (Lipinski definition) is 7. The van der Waals surface area contributed by atoms with Gasteiger partial charge in [0.15, 0.2) is 5.82 Å². The van der Waals surface area contributed by atoms with Gasteiger partial charge in [-0.15, -0.1) is 10.2 Å². The average Bonchev–Trinajstić information content (AvgIpc) is 3.68. The van der Waals surface area contributed by atoms with Gasteiger partial charge in [0.2, 0.25) is 5.16 Å². The monoisotopic (exact) mass is 588 g/mol. The number of carbonyl (C=O) groups excluding carboxylic acids is 3. The van der Waals surface area contributed by atoms with Crippen LogP contribution in [-0.4, -0.2) is 98.2 Å². The molecule has 3 aromatic heterocycles. The maximum atomic E-state index is 12.9. The molecule has 0 fully saturated rings. The zero-order valence-corrected chi connectivity index (χ0v) is 25.3. The van der Waals surface area contributed by atoms with E-state index in [1.807, 2.05) is 47.2 Å². The number of aryl methyl sites for hydroxylation is 1. The summed E-state index contributed by atoms with van der Waals surface area (Å²) in [5.74, 6) is 0.561. The van der Waals surface area contributed by atoms with Gasteiger partial charge in [0, 0.05) is 89.8 Å². The molecular formula is C29H32N8O4S. The minimum Gasteiger partial charge on any atom is -0.409 e. The van der Waals surface area contributed by atoms with E-state index in [0.717, 1.165) is 40.3 Å². The van der Waals surface area contributed by atoms with E-state index < -0.39 is 6.09 Å². The molecule has 2 aromatic carbocycles. The molecule has 3 amide bonds. The summed E-state index contributed by atoms with van der Waals surface area (Å²) >= 11 is 0.949. The maximum absolute atomic E-state index is 12.9. The lowest BCUT2D eigenvalue weighted by Gasteiger charge is -2.17. The van der Waals surface area contributed by atoms with Crippen LogP contribution in [-0.2, 0) is 6.54 Å². The fraction of sp³-hybridized carbons (Fsp3) is 0.276. The number of amides is 3. The van der Waals surface area contributed by atoms with E-state index in [1.165, 1.54) is 19.3 Å². The van der Waals surface area contributed by atoms with Crippen LogP contribution in [0.4, 0.5) is 14.4 Å². The van der Waals surface area contributed by atoms with Gasteiger partial charge in [-0.1, -0.05) is 6.07 Å². The summed E-state index contributed by atoms with van der Waals surface area (Å²) in [6.07, 6.45) is 3.08. The molecule has 0 radical (unpaired) electrons. The van der Waals surface area contributed by atoms with E-state index in [2.05, 4.69) is 21.7 Å². The fourth-order valence-electron chi connectivity index (χ4n) is 4.56. The lowest BCUT2D eigenvalue weighted by Crippen LogP contribution is -2.27. The van der Waals surface area contributed by atoms with E-state index >= 15 is 0 Å². The second-order valence-corrected chi connectivity index (χ2v) is 11.2. The molecule has 0 aliphatic carbocycles. The van der Waals surface area contributed by atoms with E-state index in [9.17, 15) is 14.4 Å². The zero-order valence-electron chi connectivity index (χ0n) is 24.5. The van der Waals surface area contributed by atoms with Gasteiger partial charge in [0.05, 0.1) is 22.3 Å². The lowest BCUT2D eigenvalue weighted by atomic mass is 10.1. The summed E-state index contributed by atoms with van der Waals surface area (Å²) in [5.41, 5.74) is 2.80. The Morgan fingerprint density at radius 3 is 2.31 bits per heavy atom. The summed E-state index contributed by atoms with van der Waals surface area (Å²) < 4.78 is 11.3. The predicted octanol–water partition coefficient (Wildman–Crippen LogP) is 5.23. The Balaban J connectivity index is 1.80. The minimum absolute atomic E-state index is 0.190. The summed E-state index contributed by atoms with van der Waals surface area (Å²) in [5, 5.41) is 10.8. The SMILES string of the molecule is CCn1ccc2c(-n3c(SC(=O)N(C)C)nnc3-c3cc4ccn(C(=O)N(C)C)c4cc3OC(=O)N(C)C)cccc21. The number of hydrogen-bond donors (Lipinski definition) is 0. The number of thioether (sulfide) groups is 1. The van der Waals surface area contributed by atoms with Gasteiger partial charge in [-0.25, -0.2) is 9.59 Å². The Labute approximate surface area is 247 Å². The standard InChI is InChI=1S/C29H32N8O4S/c1-8-35-14-13-19-21(35)10-9-11-22(19)37-25(30-31-26(37)42-29(40)34(6)7)20-16-18-12-15-36(27(38)32(2)3)23(18)17-24(20)41-28(39)33(4)5/h9-17H,8H2,1-7H3. The molecule has 0 saturated heterocycles. The molecule has 0 aliphatic heterocycles. The molecule has 42 heavy (non-hydrogen) atoms. The number of carbonyl (C=O) groups is 3. The number of nitrogens with zero attached hydrogens (tertiary/aromatic N) is 8. The van der Waals surface area contributed by atoms with Crippen LogP contribution in [0.5, 0.6) is 5.75 Å². The Bertz CT molecular complexity index is 1830. The Morgan fingerprint density at radius 1 is 0.881 bits per heavy atom. The number of fused-ring (bicyclic) bond motifs is 2. The van der Waals surface area contributed by atoms with Gasteiger partial charge in [0.1, 0.15) is 5.75 Å². The van der Waals surface area contributed by atoms with Crippen LogP contribution in [0.15, 0.2) is 60.0 Å². The molecule has 0 saturated carbocycles. The molecule has 0 aliphatic rings. The summed E-state index contributed by atoms with van der Waals surface area (Å²) in [6.45, 7) is 2.85. The first-order chi connectivity index (χ1) is 20.0. The molecule has 12 nitrogen and oxygen atoms in total. The van der Waals surface area contributed by atoms with Crippen molar-refractivity contribution in [3.8, 4) is 22.8 Å². The molecule has 0 bridgehead atoms. The van der Waals surface area contributed by atoms with Crippen LogP contribution < -0.4 is 4.74 Å². The third kappa shape index (κ3) is 5.07. The highest BCUT2D eigenvalue weighted by Crippen LogP contribution is 2.39. The first kappa shape index (κ1) is 28.7. The summed E-state index contributed by atoms with van der Waals surface area (Å²) in [7, 11) is 9.85. The van der Waals surface area contributed by atoms with Crippen LogP contribution in [0, 0.1) is 0 Å². The normalized spacial score (nSPS) is 11.2. The molecule has 13 heteroatoms. The van der Waals surface area contributed by atoms with Gasteiger partial charge in [-0.3, -0.25) is 13.9 Å². The van der Waals surface area contributed by atoms with Crippen molar-refractivity contribution in [2.45, 2.75) is 18.6 Å². The highest BCUT2D eigenvalue weighted by Gasteiger charge is 2.26. The maximum Gasteiger partial charge on any atom is 0.414 e. The highest BCUT2D eigenvalue weighted by atomic mass is 32.2. The largest absolute Gasteiger partial charge is 0.414 e. The van der Waals surface area contributed by atoms with Crippen LogP contribution in [0.25, 0.3) is 38.9 Å². The molecule has 3 heterocycles. The fourth-order valence-corrected chi connectivity index (χ4v) is 5.26. The lowest BCUT2D eigenvalue weighted by molar-refractivity contribution is 0.172. The molecule has 0 unspecified atom stereocenters. The first-order valence-corrected chi connectivity index (χ1v) is 14.0. The smallest absolute Gasteiger partial charge is 0.409 e. The second-order valence-electron chi connectivity index (χ2n) is 10.2. The van der Waals surface area contributed by atoms with Crippen LogP contribution in [0.1, 0.15) is 6.92 Å². The predicted molar refractivity (Wildman–Crippen MR) is 163 cm³/mol. The molecule has 0 atom stereocenters. The van der Waals surface area contributed by atoms with E-state index in [1.54, 1.807) is 54.5 Å². The van der Waals surface area contributed by atoms with Crippen LogP contribution in [0.3, 0.4) is 0 Å². The second kappa shape index (κ2) is 11.2. The van der Waals surface area contributed by atoms with Crippen molar-refractivity contribution in [1.29, 1.82) is 0 Å². The van der Waals surface area contributed by atoms with Crippen molar-refractivity contribution in [3.05, 3.63) is 54.9 Å². The van der Waals surface area contributed by atoms with E-state index in [4.69, 9.17) is 4.74 Å². The van der Waals surface area contributed by atoms with Crippen LogP contribution >= 0.6 is 11.8 Å². The zero-order chi connectivity index (χ0) is 30.3. The summed E-state index contributed by atoms with van der Waals surface area (Å²) in [4.78, 5) is 42.8. The van der Waals surface area contributed by atoms with Crippen molar-refractivity contribution < 1.29 is 19.1 Å². The van der Waals surface area contributed by atoms with Crippen molar-refractivity contribution in [3.63, 3.8) is 0 Å².